The average molecular weight is 460 g/mol. The predicted octanol–water partition coefficient (Wildman–Crippen LogP) is 5.17. The van der Waals surface area contributed by atoms with Gasteiger partial charge in [-0.15, -0.1) is 0 Å². The third-order valence-electron chi connectivity index (χ3n) is 5.12. The summed E-state index contributed by atoms with van der Waals surface area (Å²) >= 11 is 6.37. The molecule has 0 N–H and O–H groups in total. The lowest BCUT2D eigenvalue weighted by molar-refractivity contribution is -0.151. The number of carbonyl (C=O) groups is 2. The van der Waals surface area contributed by atoms with Crippen LogP contribution < -0.4 is 9.64 Å². The fourth-order valence-corrected chi connectivity index (χ4v) is 4.02. The summed E-state index contributed by atoms with van der Waals surface area (Å²) in [6.07, 6.45) is -1.86. The summed E-state index contributed by atoms with van der Waals surface area (Å²) in [7, 11) is 1.58. The molecule has 1 amide bonds. The highest BCUT2D eigenvalue weighted by molar-refractivity contribution is 6.30. The van der Waals surface area contributed by atoms with Crippen molar-refractivity contribution in [1.29, 1.82) is 0 Å². The van der Waals surface area contributed by atoms with Gasteiger partial charge in [0.05, 0.1) is 20.1 Å². The van der Waals surface area contributed by atoms with Crippen LogP contribution in [0.3, 0.4) is 0 Å². The first kappa shape index (κ1) is 24.1. The van der Waals surface area contributed by atoms with Crippen LogP contribution in [0.15, 0.2) is 42.5 Å². The Morgan fingerprint density at radius 2 is 1.88 bits per heavy atom. The molecule has 32 heavy (non-hydrogen) atoms. The van der Waals surface area contributed by atoms with Gasteiger partial charge in [0.1, 0.15) is 18.0 Å². The van der Waals surface area contributed by atoms with Crippen molar-refractivity contribution in [3.8, 4) is 5.75 Å². The molecule has 2 aromatic rings. The molecule has 0 saturated heterocycles. The molecular weight excluding hydrogens is 430 g/mol. The van der Waals surface area contributed by atoms with E-state index >= 15 is 0 Å². The van der Waals surface area contributed by atoms with Gasteiger partial charge in [0.2, 0.25) is 0 Å². The first-order chi connectivity index (χ1) is 15.1. The lowest BCUT2D eigenvalue weighted by Gasteiger charge is -2.31. The van der Waals surface area contributed by atoms with E-state index in [2.05, 4.69) is 20.8 Å². The minimum absolute atomic E-state index is 0.180. The highest BCUT2D eigenvalue weighted by Crippen LogP contribution is 2.43. The number of carbonyl (C=O) groups excluding carboxylic acids is 2. The molecule has 1 aliphatic rings. The third-order valence-corrected chi connectivity index (χ3v) is 5.35. The number of fused-ring (bicyclic) bond motifs is 1. The van der Waals surface area contributed by atoms with E-state index in [1.807, 2.05) is 36.4 Å². The van der Waals surface area contributed by atoms with Crippen LogP contribution in [0.2, 0.25) is 5.02 Å². The largest absolute Gasteiger partial charge is 0.496 e. The number of anilines is 1. The monoisotopic (exact) mass is 459 g/mol. The number of rotatable bonds is 6. The summed E-state index contributed by atoms with van der Waals surface area (Å²) in [5.41, 5.74) is 2.01. The standard InChI is InChI=1S/C25H30ClNO5/c1-6-31-22(28)14-21-24(29)27(15-25(2,3)4)19-12-11-16(26)13-18(19)23(32-21)17-9-7-8-10-20(17)30-5/h7-13,21,23H,6,14-15H2,1-5H3/t21-,23-/m0/s1. The zero-order chi connectivity index (χ0) is 23.5. The van der Waals surface area contributed by atoms with Crippen LogP contribution >= 0.6 is 11.6 Å². The van der Waals surface area contributed by atoms with Gasteiger partial charge in [-0.05, 0) is 36.6 Å². The van der Waals surface area contributed by atoms with E-state index in [-0.39, 0.29) is 24.3 Å². The molecule has 2 aromatic carbocycles. The fourth-order valence-electron chi connectivity index (χ4n) is 3.84. The minimum atomic E-state index is -1.02. The first-order valence-corrected chi connectivity index (χ1v) is 11.1. The molecule has 7 heteroatoms. The number of ether oxygens (including phenoxy) is 3. The van der Waals surface area contributed by atoms with Crippen LogP contribution in [0.1, 0.15) is 51.3 Å². The Balaban J connectivity index is 2.19. The second kappa shape index (κ2) is 9.92. The molecule has 1 aliphatic heterocycles. The fraction of sp³-hybridized carbons (Fsp3) is 0.440. The number of esters is 1. The number of methoxy groups -OCH3 is 1. The van der Waals surface area contributed by atoms with Crippen molar-refractivity contribution in [3.63, 3.8) is 0 Å². The molecule has 0 bridgehead atoms. The summed E-state index contributed by atoms with van der Waals surface area (Å²) < 4.78 is 17.1. The van der Waals surface area contributed by atoms with Gasteiger partial charge in [-0.2, -0.15) is 0 Å². The highest BCUT2D eigenvalue weighted by atomic mass is 35.5. The topological polar surface area (TPSA) is 65.1 Å². The van der Waals surface area contributed by atoms with E-state index in [1.54, 1.807) is 25.0 Å². The lowest BCUT2D eigenvalue weighted by atomic mass is 9.94. The van der Waals surface area contributed by atoms with Gasteiger partial charge in [-0.3, -0.25) is 9.59 Å². The van der Waals surface area contributed by atoms with E-state index in [4.69, 9.17) is 25.8 Å². The highest BCUT2D eigenvalue weighted by Gasteiger charge is 2.40. The Morgan fingerprint density at radius 1 is 1.16 bits per heavy atom. The van der Waals surface area contributed by atoms with Crippen molar-refractivity contribution < 1.29 is 23.8 Å². The van der Waals surface area contributed by atoms with E-state index in [9.17, 15) is 9.59 Å². The maximum Gasteiger partial charge on any atom is 0.308 e. The van der Waals surface area contributed by atoms with Crippen molar-refractivity contribution in [3.05, 3.63) is 58.6 Å². The lowest BCUT2D eigenvalue weighted by Crippen LogP contribution is -2.44. The van der Waals surface area contributed by atoms with Crippen molar-refractivity contribution >= 4 is 29.2 Å². The zero-order valence-electron chi connectivity index (χ0n) is 19.2. The van der Waals surface area contributed by atoms with Crippen LogP contribution in [-0.4, -0.2) is 38.2 Å². The minimum Gasteiger partial charge on any atom is -0.496 e. The molecule has 2 atom stereocenters. The number of halogens is 1. The van der Waals surface area contributed by atoms with E-state index in [0.29, 0.717) is 23.0 Å². The Kier molecular flexibility index (Phi) is 7.47. The van der Waals surface area contributed by atoms with E-state index in [0.717, 1.165) is 11.1 Å². The molecule has 0 aromatic heterocycles. The molecule has 0 fully saturated rings. The van der Waals surface area contributed by atoms with Crippen molar-refractivity contribution in [2.45, 2.75) is 46.3 Å². The summed E-state index contributed by atoms with van der Waals surface area (Å²) in [5.74, 6) is -0.145. The molecule has 0 radical (unpaired) electrons. The molecule has 0 unspecified atom stereocenters. The van der Waals surface area contributed by atoms with Crippen LogP contribution in [0, 0.1) is 5.41 Å². The maximum atomic E-state index is 13.7. The van der Waals surface area contributed by atoms with E-state index in [1.165, 1.54) is 0 Å². The zero-order valence-corrected chi connectivity index (χ0v) is 19.9. The summed E-state index contributed by atoms with van der Waals surface area (Å²) in [6, 6.07) is 12.9. The second-order valence-electron chi connectivity index (χ2n) is 8.94. The van der Waals surface area contributed by atoms with Crippen LogP contribution in [0.5, 0.6) is 5.75 Å². The Hall–Kier alpha value is -2.57. The molecule has 0 aliphatic carbocycles. The van der Waals surface area contributed by atoms with E-state index < -0.39 is 18.2 Å². The van der Waals surface area contributed by atoms with Gasteiger partial charge in [0, 0.05) is 28.4 Å². The molecule has 6 nitrogen and oxygen atoms in total. The molecule has 3 rings (SSSR count). The molecule has 172 valence electrons. The van der Waals surface area contributed by atoms with Gasteiger partial charge in [-0.1, -0.05) is 50.6 Å². The first-order valence-electron chi connectivity index (χ1n) is 10.7. The van der Waals surface area contributed by atoms with Gasteiger partial charge >= 0.3 is 5.97 Å². The average Bonchev–Trinajstić information content (AvgIpc) is 2.83. The summed E-state index contributed by atoms with van der Waals surface area (Å²) in [5, 5.41) is 0.527. The number of hydrogen-bond acceptors (Lipinski definition) is 5. The van der Waals surface area contributed by atoms with Gasteiger partial charge in [0.15, 0.2) is 0 Å². The smallest absolute Gasteiger partial charge is 0.308 e. The van der Waals surface area contributed by atoms with Gasteiger partial charge in [-0.25, -0.2) is 0 Å². The SMILES string of the molecule is CCOC(=O)C[C@@H]1O[C@@H](c2ccccc2OC)c2cc(Cl)ccc2N(CC(C)(C)C)C1=O. The molecule has 0 saturated carbocycles. The van der Waals surface area contributed by atoms with Crippen LogP contribution in [-0.2, 0) is 19.1 Å². The quantitative estimate of drug-likeness (QED) is 0.557. The maximum absolute atomic E-state index is 13.7. The van der Waals surface area contributed by atoms with Crippen molar-refractivity contribution in [2.75, 3.05) is 25.2 Å². The predicted molar refractivity (Wildman–Crippen MR) is 124 cm³/mol. The van der Waals surface area contributed by atoms with Gasteiger partial charge < -0.3 is 19.1 Å². The Bertz CT molecular complexity index is 985. The van der Waals surface area contributed by atoms with Crippen LogP contribution in [0.25, 0.3) is 0 Å². The Morgan fingerprint density at radius 3 is 2.53 bits per heavy atom. The second-order valence-corrected chi connectivity index (χ2v) is 9.38. The molecular formula is C25H30ClNO5. The van der Waals surface area contributed by atoms with Crippen molar-refractivity contribution in [1.82, 2.24) is 0 Å². The third kappa shape index (κ3) is 5.43. The number of hydrogen-bond donors (Lipinski definition) is 0. The van der Waals surface area contributed by atoms with Gasteiger partial charge in [0.25, 0.3) is 5.91 Å². The number of para-hydroxylation sites is 1. The number of nitrogens with zero attached hydrogens (tertiary/aromatic N) is 1. The summed E-state index contributed by atoms with van der Waals surface area (Å²) in [4.78, 5) is 27.7. The molecule has 0 spiro atoms. The van der Waals surface area contributed by atoms with Crippen molar-refractivity contribution in [2.24, 2.45) is 5.41 Å². The summed E-state index contributed by atoms with van der Waals surface area (Å²) in [6.45, 7) is 8.58. The van der Waals surface area contributed by atoms with Crippen LogP contribution in [0.4, 0.5) is 5.69 Å². The number of amides is 1. The molecule has 1 heterocycles. The Labute approximate surface area is 194 Å². The number of benzene rings is 2. The normalized spacial score (nSPS) is 18.7.